The molecule has 0 spiro atoms. The van der Waals surface area contributed by atoms with E-state index in [0.717, 1.165) is 10.6 Å². The van der Waals surface area contributed by atoms with Gasteiger partial charge in [0.15, 0.2) is 0 Å². The van der Waals surface area contributed by atoms with Gasteiger partial charge in [0.25, 0.3) is 15.2 Å². The van der Waals surface area contributed by atoms with Gasteiger partial charge < -0.3 is 4.84 Å². The fourth-order valence-corrected chi connectivity index (χ4v) is 3.65. The maximum Gasteiger partial charge on any atom is 0.323 e. The molecule has 0 unspecified atom stereocenters. The number of nitrogens with one attached hydrogen (secondary N) is 1. The largest absolute Gasteiger partial charge is 0.393 e. The van der Waals surface area contributed by atoms with Crippen LogP contribution in [0.15, 0.2) is 40.9 Å². The molecule has 0 bridgehead atoms. The molecular weight excluding hydrogens is 444 g/mol. The molecule has 0 radical (unpaired) electrons. The van der Waals surface area contributed by atoms with Gasteiger partial charge in [-0.3, -0.25) is 0 Å². The number of aromatic nitrogens is 3. The molecule has 0 amide bonds. The van der Waals surface area contributed by atoms with Gasteiger partial charge in [-0.25, -0.2) is 18.1 Å². The quantitative estimate of drug-likeness (QED) is 0.426. The number of oxime groups is 1. The van der Waals surface area contributed by atoms with Crippen LogP contribution < -0.4 is 4.72 Å². The van der Waals surface area contributed by atoms with E-state index < -0.39 is 25.4 Å². The first-order chi connectivity index (χ1) is 13.4. The van der Waals surface area contributed by atoms with Gasteiger partial charge in [0.1, 0.15) is 18.1 Å². The number of rotatable bonds is 9. The van der Waals surface area contributed by atoms with E-state index in [1.807, 2.05) is 0 Å². The van der Waals surface area contributed by atoms with Gasteiger partial charge >= 0.3 is 10.2 Å². The minimum absolute atomic E-state index is 0.227. The minimum atomic E-state index is -4.22. The van der Waals surface area contributed by atoms with Crippen LogP contribution >= 0.6 is 11.6 Å². The molecule has 0 saturated heterocycles. The van der Waals surface area contributed by atoms with Crippen molar-refractivity contribution in [3.05, 3.63) is 41.2 Å². The van der Waals surface area contributed by atoms with E-state index in [-0.39, 0.29) is 18.4 Å². The Hall–Kier alpha value is -2.06. The molecule has 0 fully saturated rings. The molecule has 0 aliphatic heterocycles. The molecule has 0 aliphatic rings. The molecule has 2 rings (SSSR count). The molecule has 14 heteroatoms. The molecule has 0 atom stereocenters. The van der Waals surface area contributed by atoms with Crippen molar-refractivity contribution in [1.29, 1.82) is 0 Å². The topological polar surface area (TPSA) is 136 Å². The Bertz CT molecular complexity index is 1100. The van der Waals surface area contributed by atoms with Gasteiger partial charge in [-0.05, 0) is 26.0 Å². The summed E-state index contributed by atoms with van der Waals surface area (Å²) < 4.78 is 52.7. The lowest BCUT2D eigenvalue weighted by atomic mass is 10.1. The van der Waals surface area contributed by atoms with Crippen LogP contribution in [-0.2, 0) is 25.1 Å². The van der Waals surface area contributed by atoms with Gasteiger partial charge in [0.05, 0.1) is 6.54 Å². The van der Waals surface area contributed by atoms with E-state index in [2.05, 4.69) is 20.0 Å². The molecule has 29 heavy (non-hydrogen) atoms. The van der Waals surface area contributed by atoms with Crippen molar-refractivity contribution in [1.82, 2.24) is 23.2 Å². The second-order valence-corrected chi connectivity index (χ2v) is 10.3. The van der Waals surface area contributed by atoms with Gasteiger partial charge in [-0.2, -0.15) is 12.7 Å². The van der Waals surface area contributed by atoms with Crippen LogP contribution in [0.4, 0.5) is 0 Å². The summed E-state index contributed by atoms with van der Waals surface area (Å²) in [5.74, 6) is 0. The average molecular weight is 465 g/mol. The first-order valence-electron chi connectivity index (χ1n) is 8.26. The van der Waals surface area contributed by atoms with E-state index in [9.17, 15) is 16.8 Å². The zero-order valence-electron chi connectivity index (χ0n) is 16.1. The van der Waals surface area contributed by atoms with Crippen LogP contribution in [0.2, 0.25) is 5.02 Å². The molecule has 1 aromatic carbocycles. The van der Waals surface area contributed by atoms with E-state index in [1.165, 1.54) is 14.1 Å². The number of sulfonamides is 1. The Kier molecular flexibility index (Phi) is 7.35. The Morgan fingerprint density at radius 3 is 2.59 bits per heavy atom. The SMILES string of the molecule is CC(C)O/N=C(\CNS(=O)(=O)c1ncn(S(=O)(=O)N(C)C)n1)c1cccc(Cl)c1. The molecule has 0 saturated carbocycles. The fourth-order valence-electron chi connectivity index (χ4n) is 1.89. The van der Waals surface area contributed by atoms with Crippen molar-refractivity contribution in [2.45, 2.75) is 25.1 Å². The highest BCUT2D eigenvalue weighted by atomic mass is 35.5. The van der Waals surface area contributed by atoms with E-state index in [4.69, 9.17) is 16.4 Å². The highest BCUT2D eigenvalue weighted by molar-refractivity contribution is 7.89. The highest BCUT2D eigenvalue weighted by Gasteiger charge is 2.25. The number of nitrogens with zero attached hydrogens (tertiary/aromatic N) is 5. The molecule has 1 aromatic heterocycles. The smallest absolute Gasteiger partial charge is 0.323 e. The molecule has 1 heterocycles. The Balaban J connectivity index is 2.26. The van der Waals surface area contributed by atoms with Crippen molar-refractivity contribution < 1.29 is 21.7 Å². The van der Waals surface area contributed by atoms with Gasteiger partial charge in [0, 0.05) is 24.7 Å². The second kappa shape index (κ2) is 9.17. The number of benzene rings is 1. The predicted molar refractivity (Wildman–Crippen MR) is 107 cm³/mol. The van der Waals surface area contributed by atoms with Crippen molar-refractivity contribution in [2.75, 3.05) is 20.6 Å². The van der Waals surface area contributed by atoms with Gasteiger partial charge in [-0.1, -0.05) is 28.9 Å². The maximum absolute atomic E-state index is 12.5. The minimum Gasteiger partial charge on any atom is -0.393 e. The Morgan fingerprint density at radius 1 is 1.31 bits per heavy atom. The monoisotopic (exact) mass is 464 g/mol. The van der Waals surface area contributed by atoms with Crippen LogP contribution in [0.1, 0.15) is 19.4 Å². The van der Waals surface area contributed by atoms with Crippen molar-refractivity contribution in [2.24, 2.45) is 5.16 Å². The standard InChI is InChI=1S/C15H21ClN6O5S2/c1-11(2)27-20-14(12-6-5-7-13(16)8-12)9-18-28(23,24)15-17-10-22(19-15)29(25,26)21(3)4/h5-8,10-11,18H,9H2,1-4H3/b20-14+. The number of hydrogen-bond acceptors (Lipinski definition) is 8. The average Bonchev–Trinajstić information content (AvgIpc) is 3.13. The normalized spacial score (nSPS) is 13.3. The van der Waals surface area contributed by atoms with Crippen LogP contribution in [0.5, 0.6) is 0 Å². The lowest BCUT2D eigenvalue weighted by Crippen LogP contribution is -2.32. The first kappa shape index (κ1) is 23.2. The van der Waals surface area contributed by atoms with Crippen LogP contribution in [0.25, 0.3) is 0 Å². The third-order valence-electron chi connectivity index (χ3n) is 3.35. The maximum atomic E-state index is 12.5. The molecular formula is C15H21ClN6O5S2. The molecule has 160 valence electrons. The summed E-state index contributed by atoms with van der Waals surface area (Å²) in [5.41, 5.74) is 0.819. The third-order valence-corrected chi connectivity index (χ3v) is 6.35. The van der Waals surface area contributed by atoms with E-state index in [1.54, 1.807) is 38.1 Å². The summed E-state index contributed by atoms with van der Waals surface area (Å²) in [4.78, 5) is 8.81. The summed E-state index contributed by atoms with van der Waals surface area (Å²) in [6.07, 6.45) is 0.576. The van der Waals surface area contributed by atoms with E-state index in [0.29, 0.717) is 14.7 Å². The predicted octanol–water partition coefficient (Wildman–Crippen LogP) is 0.694. The molecule has 11 nitrogen and oxygen atoms in total. The summed E-state index contributed by atoms with van der Waals surface area (Å²) >= 11 is 5.99. The first-order valence-corrected chi connectivity index (χ1v) is 11.5. The zero-order valence-corrected chi connectivity index (χ0v) is 18.5. The Labute approximate surface area is 174 Å². The molecule has 0 aliphatic carbocycles. The Morgan fingerprint density at radius 2 is 2.00 bits per heavy atom. The summed E-state index contributed by atoms with van der Waals surface area (Å²) in [6.45, 7) is 3.28. The summed E-state index contributed by atoms with van der Waals surface area (Å²) in [6, 6.07) is 6.65. The second-order valence-electron chi connectivity index (χ2n) is 6.22. The van der Waals surface area contributed by atoms with Gasteiger partial charge in [-0.15, -0.1) is 9.19 Å². The molecule has 2 aromatic rings. The van der Waals surface area contributed by atoms with Crippen molar-refractivity contribution in [3.8, 4) is 0 Å². The van der Waals surface area contributed by atoms with Crippen molar-refractivity contribution >= 4 is 37.5 Å². The summed E-state index contributed by atoms with van der Waals surface area (Å²) in [5, 5.41) is 7.27. The van der Waals surface area contributed by atoms with Crippen LogP contribution in [0.3, 0.4) is 0 Å². The summed E-state index contributed by atoms with van der Waals surface area (Å²) in [7, 11) is -5.64. The van der Waals surface area contributed by atoms with E-state index >= 15 is 0 Å². The molecule has 1 N–H and O–H groups in total. The van der Waals surface area contributed by atoms with Crippen molar-refractivity contribution in [3.63, 3.8) is 0 Å². The lowest BCUT2D eigenvalue weighted by molar-refractivity contribution is 0.0858. The highest BCUT2D eigenvalue weighted by Crippen LogP contribution is 2.13. The zero-order chi connectivity index (χ0) is 21.8. The van der Waals surface area contributed by atoms with Gasteiger partial charge in [0.2, 0.25) is 0 Å². The number of hydrogen-bond donors (Lipinski definition) is 1. The van der Waals surface area contributed by atoms with Crippen LogP contribution in [0, 0.1) is 0 Å². The van der Waals surface area contributed by atoms with Crippen LogP contribution in [-0.4, -0.2) is 67.8 Å². The lowest BCUT2D eigenvalue weighted by Gasteiger charge is -2.10. The third kappa shape index (κ3) is 5.96. The number of halogens is 1. The fraction of sp³-hybridized carbons (Fsp3) is 0.400.